The fraction of sp³-hybridized carbons (Fsp3) is 0.550. The zero-order valence-corrected chi connectivity index (χ0v) is 14.4. The molecule has 1 atom stereocenters. The van der Waals surface area contributed by atoms with Gasteiger partial charge in [0.15, 0.2) is 0 Å². The Bertz CT molecular complexity index is 490. The quantitative estimate of drug-likeness (QED) is 0.666. The Morgan fingerprint density at radius 2 is 1.91 bits per heavy atom. The molecule has 22 heavy (non-hydrogen) atoms. The number of hydrogen-bond acceptors (Lipinski definition) is 1. The molecule has 122 valence electrons. The van der Waals surface area contributed by atoms with Crippen LogP contribution in [0.15, 0.2) is 47.1 Å². The molecule has 2 heteroatoms. The van der Waals surface area contributed by atoms with Gasteiger partial charge in [-0.2, -0.15) is 0 Å². The van der Waals surface area contributed by atoms with Gasteiger partial charge in [0.05, 0.1) is 0 Å². The van der Waals surface area contributed by atoms with Gasteiger partial charge in [0.2, 0.25) is 0 Å². The molecule has 0 amide bonds. The Kier molecular flexibility index (Phi) is 7.94. The van der Waals surface area contributed by atoms with Crippen molar-refractivity contribution in [2.45, 2.75) is 59.8 Å². The van der Waals surface area contributed by atoms with Crippen molar-refractivity contribution in [2.75, 3.05) is 0 Å². The van der Waals surface area contributed by atoms with E-state index in [4.69, 9.17) is 0 Å². The second-order valence-electron chi connectivity index (χ2n) is 6.61. The van der Waals surface area contributed by atoms with Crippen molar-refractivity contribution >= 4 is 5.97 Å². The molecule has 0 aromatic heterocycles. The molecule has 1 N–H and O–H groups in total. The summed E-state index contributed by atoms with van der Waals surface area (Å²) < 4.78 is 0. The fourth-order valence-corrected chi connectivity index (χ4v) is 2.64. The predicted octanol–water partition coefficient (Wildman–Crippen LogP) is 5.68. The first-order valence-electron chi connectivity index (χ1n) is 8.33. The highest BCUT2D eigenvalue weighted by atomic mass is 16.4. The molecule has 1 aliphatic rings. The molecule has 0 bridgehead atoms. The van der Waals surface area contributed by atoms with Crippen molar-refractivity contribution in [3.8, 4) is 0 Å². The van der Waals surface area contributed by atoms with Crippen LogP contribution >= 0.6 is 0 Å². The molecule has 0 aromatic carbocycles. The number of aliphatic carboxylic acids is 1. The van der Waals surface area contributed by atoms with Crippen molar-refractivity contribution in [1.82, 2.24) is 0 Å². The summed E-state index contributed by atoms with van der Waals surface area (Å²) in [5.74, 6) is 0.178. The maximum Gasteiger partial charge on any atom is 0.331 e. The molecule has 0 radical (unpaired) electrons. The summed E-state index contributed by atoms with van der Waals surface area (Å²) in [5, 5.41) is 9.37. The lowest BCUT2D eigenvalue weighted by Gasteiger charge is -2.17. The standard InChI is InChI=1S/C20H30O2/c1-15(2)18-12-11-17(4)8-5-7-16(3)9-6-10-19(14-13-18)20(21)22/h7-8,10-12,15,18H,5-6,9,13-14H2,1-4H3,(H,21,22)/b12-11-,16-7-,17-8-,19-10+. The van der Waals surface area contributed by atoms with Gasteiger partial charge in [-0.05, 0) is 57.8 Å². The van der Waals surface area contributed by atoms with Crippen LogP contribution in [0.25, 0.3) is 0 Å². The van der Waals surface area contributed by atoms with Crippen LogP contribution in [0.5, 0.6) is 0 Å². The van der Waals surface area contributed by atoms with Crippen LogP contribution in [0.4, 0.5) is 0 Å². The summed E-state index contributed by atoms with van der Waals surface area (Å²) in [5.41, 5.74) is 3.17. The Labute approximate surface area is 135 Å². The molecular weight excluding hydrogens is 272 g/mol. The van der Waals surface area contributed by atoms with E-state index in [1.165, 1.54) is 11.1 Å². The average molecular weight is 302 g/mol. The van der Waals surface area contributed by atoms with E-state index >= 15 is 0 Å². The van der Waals surface area contributed by atoms with E-state index in [9.17, 15) is 9.90 Å². The Morgan fingerprint density at radius 1 is 1.18 bits per heavy atom. The zero-order valence-electron chi connectivity index (χ0n) is 14.4. The maximum atomic E-state index is 11.4. The summed E-state index contributed by atoms with van der Waals surface area (Å²) in [6.07, 6.45) is 15.1. The van der Waals surface area contributed by atoms with Crippen LogP contribution in [0.1, 0.15) is 59.8 Å². The van der Waals surface area contributed by atoms with Crippen LogP contribution < -0.4 is 0 Å². The van der Waals surface area contributed by atoms with Crippen LogP contribution in [-0.2, 0) is 4.79 Å². The average Bonchev–Trinajstić information content (AvgIpc) is 2.43. The van der Waals surface area contributed by atoms with Gasteiger partial charge in [-0.1, -0.05) is 55.4 Å². The van der Waals surface area contributed by atoms with Crippen LogP contribution in [0, 0.1) is 11.8 Å². The molecule has 1 rings (SSSR count). The molecule has 0 fully saturated rings. The number of rotatable bonds is 2. The van der Waals surface area contributed by atoms with Crippen LogP contribution in [-0.4, -0.2) is 11.1 Å². The number of carboxylic acids is 1. The molecule has 0 saturated carbocycles. The first kappa shape index (κ1) is 18.5. The van der Waals surface area contributed by atoms with Crippen LogP contribution in [0.3, 0.4) is 0 Å². The zero-order chi connectivity index (χ0) is 16.5. The van der Waals surface area contributed by atoms with Crippen LogP contribution in [0.2, 0.25) is 0 Å². The highest BCUT2D eigenvalue weighted by Gasteiger charge is 2.14. The van der Waals surface area contributed by atoms with Gasteiger partial charge in [0.1, 0.15) is 0 Å². The third-order valence-corrected chi connectivity index (χ3v) is 4.32. The van der Waals surface area contributed by atoms with Gasteiger partial charge in [-0.3, -0.25) is 0 Å². The molecule has 2 nitrogen and oxygen atoms in total. The van der Waals surface area contributed by atoms with Gasteiger partial charge in [-0.25, -0.2) is 4.79 Å². The molecule has 0 aliphatic heterocycles. The molecular formula is C20H30O2. The highest BCUT2D eigenvalue weighted by Crippen LogP contribution is 2.23. The third kappa shape index (κ3) is 6.93. The van der Waals surface area contributed by atoms with Gasteiger partial charge in [0.25, 0.3) is 0 Å². The molecule has 0 saturated heterocycles. The minimum Gasteiger partial charge on any atom is -0.478 e. The lowest BCUT2D eigenvalue weighted by atomic mass is 9.88. The first-order chi connectivity index (χ1) is 10.4. The van der Waals surface area contributed by atoms with E-state index in [1.807, 2.05) is 6.08 Å². The van der Waals surface area contributed by atoms with Crippen molar-refractivity contribution in [3.63, 3.8) is 0 Å². The molecule has 0 spiro atoms. The normalized spacial score (nSPS) is 30.2. The van der Waals surface area contributed by atoms with E-state index < -0.39 is 5.97 Å². The molecule has 1 aliphatic carbocycles. The topological polar surface area (TPSA) is 37.3 Å². The van der Waals surface area contributed by atoms with E-state index in [-0.39, 0.29) is 0 Å². The van der Waals surface area contributed by atoms with Crippen molar-refractivity contribution < 1.29 is 9.90 Å². The highest BCUT2D eigenvalue weighted by molar-refractivity contribution is 5.86. The second-order valence-corrected chi connectivity index (χ2v) is 6.61. The van der Waals surface area contributed by atoms with Gasteiger partial charge < -0.3 is 5.11 Å². The third-order valence-electron chi connectivity index (χ3n) is 4.32. The minimum absolute atomic E-state index is 0.423. The SMILES string of the molecule is CC1=C/C/C=C(/C)CC/C=C(/C(=O)O)CCC(C(C)C)/C=C\1. The lowest BCUT2D eigenvalue weighted by Crippen LogP contribution is -2.09. The Morgan fingerprint density at radius 3 is 2.55 bits per heavy atom. The summed E-state index contributed by atoms with van der Waals surface area (Å²) in [4.78, 5) is 11.4. The van der Waals surface area contributed by atoms with Crippen molar-refractivity contribution in [3.05, 3.63) is 47.1 Å². The van der Waals surface area contributed by atoms with Gasteiger partial charge in [0, 0.05) is 5.57 Å². The Hall–Kier alpha value is -1.57. The van der Waals surface area contributed by atoms with Gasteiger partial charge in [-0.15, -0.1) is 0 Å². The summed E-state index contributed by atoms with van der Waals surface area (Å²) >= 11 is 0. The largest absolute Gasteiger partial charge is 0.478 e. The van der Waals surface area contributed by atoms with Crippen molar-refractivity contribution in [2.24, 2.45) is 11.8 Å². The Balaban J connectivity index is 2.98. The summed E-state index contributed by atoms with van der Waals surface area (Å²) in [6, 6.07) is 0. The fourth-order valence-electron chi connectivity index (χ4n) is 2.64. The van der Waals surface area contributed by atoms with E-state index in [2.05, 4.69) is 52.0 Å². The number of allylic oxidation sites excluding steroid dienone is 7. The number of hydrogen-bond donors (Lipinski definition) is 1. The maximum absolute atomic E-state index is 11.4. The minimum atomic E-state index is -0.767. The summed E-state index contributed by atoms with van der Waals surface area (Å²) in [6.45, 7) is 8.65. The molecule has 1 unspecified atom stereocenters. The predicted molar refractivity (Wildman–Crippen MR) is 93.8 cm³/mol. The summed E-state index contributed by atoms with van der Waals surface area (Å²) in [7, 11) is 0. The molecule has 0 heterocycles. The number of carbonyl (C=O) groups is 1. The first-order valence-corrected chi connectivity index (χ1v) is 8.33. The lowest BCUT2D eigenvalue weighted by molar-refractivity contribution is -0.132. The smallest absolute Gasteiger partial charge is 0.331 e. The second kappa shape index (κ2) is 9.45. The van der Waals surface area contributed by atoms with Crippen molar-refractivity contribution in [1.29, 1.82) is 0 Å². The molecule has 0 aromatic rings. The van der Waals surface area contributed by atoms with E-state index in [0.717, 1.165) is 25.7 Å². The van der Waals surface area contributed by atoms with Gasteiger partial charge >= 0.3 is 5.97 Å². The monoisotopic (exact) mass is 302 g/mol. The van der Waals surface area contributed by atoms with E-state index in [1.54, 1.807) is 0 Å². The van der Waals surface area contributed by atoms with E-state index in [0.29, 0.717) is 23.8 Å². The number of carboxylic acid groups (broad SMARTS) is 1.